The molecule has 0 aliphatic carbocycles. The third-order valence-electron chi connectivity index (χ3n) is 2.65. The normalized spacial score (nSPS) is 14.9. The van der Waals surface area contributed by atoms with E-state index in [1.807, 2.05) is 0 Å². The highest BCUT2D eigenvalue weighted by Gasteiger charge is 2.16. The second-order valence-electron chi connectivity index (χ2n) is 5.10. The van der Waals surface area contributed by atoms with E-state index in [0.29, 0.717) is 0 Å². The van der Waals surface area contributed by atoms with E-state index in [2.05, 4.69) is 44.3 Å². The predicted molar refractivity (Wildman–Crippen MR) is 62.2 cm³/mol. The molecule has 0 bridgehead atoms. The zero-order valence-electron chi connectivity index (χ0n) is 9.76. The van der Waals surface area contributed by atoms with Gasteiger partial charge in [0.2, 0.25) is 0 Å². The number of hydrogen-bond donors (Lipinski definition) is 1. The summed E-state index contributed by atoms with van der Waals surface area (Å²) in [5.41, 5.74) is 2.93. The molecule has 0 saturated heterocycles. The number of hydrogen-bond acceptors (Lipinski definition) is 2. The van der Waals surface area contributed by atoms with Crippen LogP contribution in [0.15, 0.2) is 18.2 Å². The van der Waals surface area contributed by atoms with E-state index in [1.165, 1.54) is 11.1 Å². The van der Waals surface area contributed by atoms with Crippen molar-refractivity contribution >= 4 is 0 Å². The van der Waals surface area contributed by atoms with E-state index in [1.54, 1.807) is 0 Å². The van der Waals surface area contributed by atoms with Gasteiger partial charge in [0.15, 0.2) is 0 Å². The van der Waals surface area contributed by atoms with Crippen molar-refractivity contribution in [2.24, 2.45) is 0 Å². The molecule has 0 fully saturated rings. The Hall–Kier alpha value is -1.02. The maximum Gasteiger partial charge on any atom is 0.122 e. The quantitative estimate of drug-likeness (QED) is 0.801. The summed E-state index contributed by atoms with van der Waals surface area (Å²) in [6.45, 7) is 8.32. The molecular weight excluding hydrogens is 186 g/mol. The van der Waals surface area contributed by atoms with Crippen molar-refractivity contribution < 1.29 is 4.74 Å². The summed E-state index contributed by atoms with van der Waals surface area (Å²) in [6, 6.07) is 6.32. The molecule has 2 rings (SSSR count). The van der Waals surface area contributed by atoms with Gasteiger partial charge in [0.05, 0.1) is 6.61 Å². The Balaban J connectivity index is 2.12. The van der Waals surface area contributed by atoms with Crippen molar-refractivity contribution in [3.63, 3.8) is 0 Å². The maximum absolute atomic E-state index is 5.54. The average Bonchev–Trinajstić information content (AvgIpc) is 2.61. The van der Waals surface area contributed by atoms with Crippen LogP contribution in [0, 0.1) is 0 Å². The minimum absolute atomic E-state index is 0.169. The maximum atomic E-state index is 5.54. The minimum Gasteiger partial charge on any atom is -0.493 e. The van der Waals surface area contributed by atoms with E-state index in [-0.39, 0.29) is 5.54 Å². The van der Waals surface area contributed by atoms with Gasteiger partial charge in [0.25, 0.3) is 0 Å². The van der Waals surface area contributed by atoms with Gasteiger partial charge < -0.3 is 10.1 Å². The molecule has 1 aliphatic rings. The molecule has 1 aliphatic heterocycles. The fourth-order valence-electron chi connectivity index (χ4n) is 1.82. The molecule has 82 valence electrons. The summed E-state index contributed by atoms with van der Waals surface area (Å²) in [7, 11) is 0. The highest BCUT2D eigenvalue weighted by molar-refractivity contribution is 5.42. The largest absolute Gasteiger partial charge is 0.493 e. The van der Waals surface area contributed by atoms with Gasteiger partial charge in [0, 0.05) is 24.1 Å². The number of benzene rings is 1. The van der Waals surface area contributed by atoms with Crippen molar-refractivity contribution in [2.45, 2.75) is 39.3 Å². The predicted octanol–water partition coefficient (Wildman–Crippen LogP) is 2.51. The van der Waals surface area contributed by atoms with E-state index < -0.39 is 0 Å². The van der Waals surface area contributed by atoms with Crippen LogP contribution in [-0.2, 0) is 13.0 Å². The van der Waals surface area contributed by atoms with Crippen LogP contribution in [0.1, 0.15) is 31.9 Å². The molecular formula is C13H19NO. The smallest absolute Gasteiger partial charge is 0.122 e. The monoisotopic (exact) mass is 205 g/mol. The standard InChI is InChI=1S/C13H19NO/c1-13(2,3)14-9-10-5-4-6-12-11(10)7-8-15-12/h4-6,14H,7-9H2,1-3H3. The lowest BCUT2D eigenvalue weighted by Crippen LogP contribution is -2.35. The summed E-state index contributed by atoms with van der Waals surface area (Å²) < 4.78 is 5.54. The van der Waals surface area contributed by atoms with Crippen LogP contribution in [-0.4, -0.2) is 12.1 Å². The van der Waals surface area contributed by atoms with Crippen molar-refractivity contribution in [3.05, 3.63) is 29.3 Å². The Bertz CT molecular complexity index is 352. The summed E-state index contributed by atoms with van der Waals surface area (Å²) in [4.78, 5) is 0. The SMILES string of the molecule is CC(C)(C)NCc1cccc2c1CCO2. The Morgan fingerprint density at radius 2 is 2.13 bits per heavy atom. The molecule has 0 saturated carbocycles. The zero-order valence-corrected chi connectivity index (χ0v) is 9.76. The molecule has 0 aromatic heterocycles. The van der Waals surface area contributed by atoms with Gasteiger partial charge >= 0.3 is 0 Å². The van der Waals surface area contributed by atoms with Crippen LogP contribution < -0.4 is 10.1 Å². The lowest BCUT2D eigenvalue weighted by molar-refractivity contribution is 0.357. The average molecular weight is 205 g/mol. The fourth-order valence-corrected chi connectivity index (χ4v) is 1.82. The van der Waals surface area contributed by atoms with Gasteiger partial charge in [-0.05, 0) is 32.4 Å². The summed E-state index contributed by atoms with van der Waals surface area (Å²) >= 11 is 0. The van der Waals surface area contributed by atoms with Crippen LogP contribution >= 0.6 is 0 Å². The molecule has 2 heteroatoms. The van der Waals surface area contributed by atoms with Crippen LogP contribution in [0.2, 0.25) is 0 Å². The Morgan fingerprint density at radius 1 is 1.33 bits per heavy atom. The Kier molecular flexibility index (Phi) is 2.70. The van der Waals surface area contributed by atoms with Gasteiger partial charge in [-0.1, -0.05) is 12.1 Å². The topological polar surface area (TPSA) is 21.3 Å². The summed E-state index contributed by atoms with van der Waals surface area (Å²) in [6.07, 6.45) is 1.05. The Morgan fingerprint density at radius 3 is 2.87 bits per heavy atom. The van der Waals surface area contributed by atoms with Gasteiger partial charge in [-0.25, -0.2) is 0 Å². The molecule has 1 heterocycles. The number of fused-ring (bicyclic) bond motifs is 1. The summed E-state index contributed by atoms with van der Waals surface area (Å²) in [5.74, 6) is 1.07. The molecule has 0 atom stereocenters. The van der Waals surface area contributed by atoms with Crippen molar-refractivity contribution in [2.75, 3.05) is 6.61 Å². The summed E-state index contributed by atoms with van der Waals surface area (Å²) in [5, 5.41) is 3.51. The van der Waals surface area contributed by atoms with Crippen LogP contribution in [0.3, 0.4) is 0 Å². The van der Waals surface area contributed by atoms with E-state index >= 15 is 0 Å². The Labute approximate surface area is 91.6 Å². The molecule has 0 unspecified atom stereocenters. The minimum atomic E-state index is 0.169. The number of ether oxygens (including phenoxy) is 1. The van der Waals surface area contributed by atoms with Crippen molar-refractivity contribution in [3.8, 4) is 5.75 Å². The van der Waals surface area contributed by atoms with Crippen LogP contribution in [0.4, 0.5) is 0 Å². The molecule has 1 aromatic rings. The van der Waals surface area contributed by atoms with Crippen LogP contribution in [0.5, 0.6) is 5.75 Å². The van der Waals surface area contributed by atoms with Crippen molar-refractivity contribution in [1.82, 2.24) is 5.32 Å². The third kappa shape index (κ3) is 2.51. The fraction of sp³-hybridized carbons (Fsp3) is 0.538. The zero-order chi connectivity index (χ0) is 10.9. The first kappa shape index (κ1) is 10.5. The van der Waals surface area contributed by atoms with Gasteiger partial charge in [0.1, 0.15) is 5.75 Å². The molecule has 2 nitrogen and oxygen atoms in total. The molecule has 0 spiro atoms. The molecule has 1 aromatic carbocycles. The molecule has 15 heavy (non-hydrogen) atoms. The number of nitrogens with one attached hydrogen (secondary N) is 1. The second-order valence-corrected chi connectivity index (χ2v) is 5.10. The highest BCUT2D eigenvalue weighted by Crippen LogP contribution is 2.28. The second kappa shape index (κ2) is 3.86. The van der Waals surface area contributed by atoms with E-state index in [4.69, 9.17) is 4.74 Å². The van der Waals surface area contributed by atoms with E-state index in [9.17, 15) is 0 Å². The van der Waals surface area contributed by atoms with E-state index in [0.717, 1.165) is 25.3 Å². The van der Waals surface area contributed by atoms with Crippen molar-refractivity contribution in [1.29, 1.82) is 0 Å². The van der Waals surface area contributed by atoms with Gasteiger partial charge in [-0.15, -0.1) is 0 Å². The molecule has 0 amide bonds. The third-order valence-corrected chi connectivity index (χ3v) is 2.65. The van der Waals surface area contributed by atoms with Gasteiger partial charge in [-0.3, -0.25) is 0 Å². The highest BCUT2D eigenvalue weighted by atomic mass is 16.5. The molecule has 1 N–H and O–H groups in total. The van der Waals surface area contributed by atoms with Crippen LogP contribution in [0.25, 0.3) is 0 Å². The first-order chi connectivity index (χ1) is 7.06. The first-order valence-corrected chi connectivity index (χ1v) is 5.55. The van der Waals surface area contributed by atoms with Gasteiger partial charge in [-0.2, -0.15) is 0 Å². The molecule has 0 radical (unpaired) electrons. The first-order valence-electron chi connectivity index (χ1n) is 5.55. The lowest BCUT2D eigenvalue weighted by atomic mass is 10.0. The number of rotatable bonds is 2. The lowest BCUT2D eigenvalue weighted by Gasteiger charge is -2.21.